The minimum atomic E-state index is 0.154. The molecule has 0 radical (unpaired) electrons. The molecule has 4 heteroatoms. The minimum Gasteiger partial charge on any atom is -0.490 e. The van der Waals surface area contributed by atoms with Crippen LogP contribution < -0.4 is 4.74 Å². The second-order valence-electron chi connectivity index (χ2n) is 7.54. The topological polar surface area (TPSA) is 32.8 Å². The SMILES string of the molecule is CC(C)CN1CCC(Oc2ccc(C(=O)N3CCCC3)cc2)CC1. The molecule has 24 heavy (non-hydrogen) atoms. The number of piperidine rings is 1. The van der Waals surface area contributed by atoms with E-state index in [2.05, 4.69) is 18.7 Å². The standard InChI is InChI=1S/C20H30N2O2/c1-16(2)15-21-13-9-19(10-14-21)24-18-7-5-17(6-8-18)20(23)22-11-3-4-12-22/h5-8,16,19H,3-4,9-15H2,1-2H3. The predicted octanol–water partition coefficient (Wildman–Crippen LogP) is 3.42. The number of hydrogen-bond acceptors (Lipinski definition) is 3. The number of carbonyl (C=O) groups excluding carboxylic acids is 1. The zero-order valence-corrected chi connectivity index (χ0v) is 15.0. The molecule has 0 N–H and O–H groups in total. The summed E-state index contributed by atoms with van der Waals surface area (Å²) < 4.78 is 6.12. The molecule has 2 aliphatic rings. The first kappa shape index (κ1) is 17.3. The minimum absolute atomic E-state index is 0.154. The Hall–Kier alpha value is -1.55. The number of ether oxygens (including phenoxy) is 1. The third kappa shape index (κ3) is 4.50. The molecule has 1 amide bonds. The molecule has 132 valence electrons. The third-order valence-corrected chi connectivity index (χ3v) is 4.96. The van der Waals surface area contributed by atoms with Gasteiger partial charge in [-0.2, -0.15) is 0 Å². The summed E-state index contributed by atoms with van der Waals surface area (Å²) in [6.07, 6.45) is 4.72. The van der Waals surface area contributed by atoms with Crippen molar-refractivity contribution in [2.45, 2.75) is 45.6 Å². The fourth-order valence-electron chi connectivity index (χ4n) is 3.70. The van der Waals surface area contributed by atoms with Crippen molar-refractivity contribution in [1.29, 1.82) is 0 Å². The fraction of sp³-hybridized carbons (Fsp3) is 0.650. The van der Waals surface area contributed by atoms with Crippen LogP contribution in [0.3, 0.4) is 0 Å². The first-order valence-electron chi connectivity index (χ1n) is 9.40. The predicted molar refractivity (Wildman–Crippen MR) is 96.5 cm³/mol. The van der Waals surface area contributed by atoms with Crippen molar-refractivity contribution in [2.24, 2.45) is 5.92 Å². The van der Waals surface area contributed by atoms with Gasteiger partial charge in [0.2, 0.25) is 0 Å². The normalized spacial score (nSPS) is 19.9. The molecule has 0 atom stereocenters. The number of rotatable bonds is 5. The summed E-state index contributed by atoms with van der Waals surface area (Å²) in [6, 6.07) is 7.71. The van der Waals surface area contributed by atoms with Crippen LogP contribution in [0.2, 0.25) is 0 Å². The van der Waals surface area contributed by atoms with Gasteiger partial charge in [-0.25, -0.2) is 0 Å². The lowest BCUT2D eigenvalue weighted by molar-refractivity contribution is 0.0792. The van der Waals surface area contributed by atoms with Gasteiger partial charge in [-0.05, 0) is 55.9 Å². The highest BCUT2D eigenvalue weighted by Gasteiger charge is 2.22. The molecule has 2 fully saturated rings. The van der Waals surface area contributed by atoms with Crippen LogP contribution >= 0.6 is 0 Å². The molecule has 2 aliphatic heterocycles. The Balaban J connectivity index is 1.49. The molecule has 0 spiro atoms. The number of likely N-dealkylation sites (tertiary alicyclic amines) is 2. The van der Waals surface area contributed by atoms with Crippen molar-refractivity contribution in [3.8, 4) is 5.75 Å². The molecule has 1 aromatic rings. The van der Waals surface area contributed by atoms with Crippen LogP contribution in [0.25, 0.3) is 0 Å². The van der Waals surface area contributed by atoms with Gasteiger partial charge < -0.3 is 14.5 Å². The van der Waals surface area contributed by atoms with Gasteiger partial charge in [-0.3, -0.25) is 4.79 Å². The van der Waals surface area contributed by atoms with Gasteiger partial charge in [0, 0.05) is 38.3 Å². The Morgan fingerprint density at radius 1 is 1.08 bits per heavy atom. The largest absolute Gasteiger partial charge is 0.490 e. The molecule has 4 nitrogen and oxygen atoms in total. The summed E-state index contributed by atoms with van der Waals surface area (Å²) in [7, 11) is 0. The molecule has 2 saturated heterocycles. The van der Waals surface area contributed by atoms with Crippen LogP contribution in [0.5, 0.6) is 5.75 Å². The van der Waals surface area contributed by atoms with Crippen molar-refractivity contribution in [3.05, 3.63) is 29.8 Å². The van der Waals surface area contributed by atoms with Gasteiger partial charge in [0.05, 0.1) is 0 Å². The Kier molecular flexibility index (Phi) is 5.77. The van der Waals surface area contributed by atoms with Gasteiger partial charge >= 0.3 is 0 Å². The highest BCUT2D eigenvalue weighted by molar-refractivity contribution is 5.94. The Morgan fingerprint density at radius 3 is 2.29 bits per heavy atom. The first-order valence-corrected chi connectivity index (χ1v) is 9.40. The summed E-state index contributed by atoms with van der Waals surface area (Å²) in [5, 5.41) is 0. The second-order valence-corrected chi connectivity index (χ2v) is 7.54. The summed E-state index contributed by atoms with van der Waals surface area (Å²) in [4.78, 5) is 16.8. The summed E-state index contributed by atoms with van der Waals surface area (Å²) >= 11 is 0. The maximum atomic E-state index is 12.4. The Morgan fingerprint density at radius 2 is 1.71 bits per heavy atom. The van der Waals surface area contributed by atoms with Gasteiger partial charge in [0.1, 0.15) is 11.9 Å². The van der Waals surface area contributed by atoms with E-state index in [0.29, 0.717) is 6.10 Å². The van der Waals surface area contributed by atoms with Gasteiger partial charge in [-0.15, -0.1) is 0 Å². The van der Waals surface area contributed by atoms with E-state index in [-0.39, 0.29) is 5.91 Å². The molecular formula is C20H30N2O2. The molecule has 0 aliphatic carbocycles. The van der Waals surface area contributed by atoms with E-state index >= 15 is 0 Å². The molecule has 2 heterocycles. The van der Waals surface area contributed by atoms with Crippen LogP contribution in [-0.2, 0) is 0 Å². The smallest absolute Gasteiger partial charge is 0.253 e. The van der Waals surface area contributed by atoms with Crippen LogP contribution in [0.4, 0.5) is 0 Å². The van der Waals surface area contributed by atoms with Crippen molar-refractivity contribution in [3.63, 3.8) is 0 Å². The first-order chi connectivity index (χ1) is 11.6. The fourth-order valence-corrected chi connectivity index (χ4v) is 3.70. The highest BCUT2D eigenvalue weighted by atomic mass is 16.5. The number of hydrogen-bond donors (Lipinski definition) is 0. The maximum Gasteiger partial charge on any atom is 0.253 e. The van der Waals surface area contributed by atoms with Crippen LogP contribution in [0, 0.1) is 5.92 Å². The molecule has 0 bridgehead atoms. The van der Waals surface area contributed by atoms with Crippen molar-refractivity contribution in [1.82, 2.24) is 9.80 Å². The van der Waals surface area contributed by atoms with Crippen LogP contribution in [0.1, 0.15) is 49.9 Å². The van der Waals surface area contributed by atoms with E-state index in [1.54, 1.807) is 0 Å². The van der Waals surface area contributed by atoms with Crippen molar-refractivity contribution in [2.75, 3.05) is 32.7 Å². The van der Waals surface area contributed by atoms with Crippen LogP contribution in [0.15, 0.2) is 24.3 Å². The van der Waals surface area contributed by atoms with Gasteiger partial charge in [0.15, 0.2) is 0 Å². The van der Waals surface area contributed by atoms with E-state index in [1.165, 1.54) is 6.54 Å². The zero-order chi connectivity index (χ0) is 16.9. The van der Waals surface area contributed by atoms with Crippen molar-refractivity contribution >= 4 is 5.91 Å². The maximum absolute atomic E-state index is 12.4. The summed E-state index contributed by atoms with van der Waals surface area (Å²) in [6.45, 7) is 9.75. The van der Waals surface area contributed by atoms with Gasteiger partial charge in [-0.1, -0.05) is 13.8 Å². The van der Waals surface area contributed by atoms with E-state index < -0.39 is 0 Å². The zero-order valence-electron chi connectivity index (χ0n) is 15.0. The van der Waals surface area contributed by atoms with Crippen molar-refractivity contribution < 1.29 is 9.53 Å². The molecular weight excluding hydrogens is 300 g/mol. The molecule has 0 aromatic heterocycles. The molecule has 0 unspecified atom stereocenters. The Bertz CT molecular complexity index is 527. The number of amides is 1. The number of nitrogens with zero attached hydrogens (tertiary/aromatic N) is 2. The van der Waals surface area contributed by atoms with Gasteiger partial charge in [0.25, 0.3) is 5.91 Å². The van der Waals surface area contributed by atoms with Crippen LogP contribution in [-0.4, -0.2) is 54.5 Å². The number of benzene rings is 1. The summed E-state index contributed by atoms with van der Waals surface area (Å²) in [5.41, 5.74) is 0.774. The summed E-state index contributed by atoms with van der Waals surface area (Å²) in [5.74, 6) is 1.76. The lowest BCUT2D eigenvalue weighted by Gasteiger charge is -2.33. The quantitative estimate of drug-likeness (QED) is 0.829. The third-order valence-electron chi connectivity index (χ3n) is 4.96. The second kappa shape index (κ2) is 8.02. The monoisotopic (exact) mass is 330 g/mol. The number of carbonyl (C=O) groups is 1. The average molecular weight is 330 g/mol. The lowest BCUT2D eigenvalue weighted by atomic mass is 10.1. The Labute approximate surface area is 145 Å². The van der Waals surface area contributed by atoms with E-state index in [0.717, 1.165) is 69.1 Å². The lowest BCUT2D eigenvalue weighted by Crippen LogP contribution is -2.39. The highest BCUT2D eigenvalue weighted by Crippen LogP contribution is 2.21. The van der Waals surface area contributed by atoms with E-state index in [4.69, 9.17) is 4.74 Å². The average Bonchev–Trinajstić information content (AvgIpc) is 3.11. The molecule has 3 rings (SSSR count). The van der Waals surface area contributed by atoms with E-state index in [9.17, 15) is 4.79 Å². The molecule has 1 aromatic carbocycles. The molecule has 0 saturated carbocycles. The van der Waals surface area contributed by atoms with E-state index in [1.807, 2.05) is 29.2 Å².